The van der Waals surface area contributed by atoms with Crippen LogP contribution in [0.2, 0.25) is 0 Å². The number of nitrogens with zero attached hydrogens (tertiary/aromatic N) is 2. The van der Waals surface area contributed by atoms with E-state index in [1.165, 1.54) is 6.07 Å². The number of rotatable bonds is 6. The van der Waals surface area contributed by atoms with Crippen molar-refractivity contribution in [2.24, 2.45) is 0 Å². The maximum absolute atomic E-state index is 11.7. The van der Waals surface area contributed by atoms with Gasteiger partial charge in [-0.05, 0) is 32.6 Å². The van der Waals surface area contributed by atoms with Gasteiger partial charge in [-0.2, -0.15) is 0 Å². The fraction of sp³-hybridized carbons (Fsp3) is 0.706. The molecule has 3 rings (SSSR count). The van der Waals surface area contributed by atoms with Gasteiger partial charge in [-0.15, -0.1) is 0 Å². The summed E-state index contributed by atoms with van der Waals surface area (Å²) in [6, 6.07) is 1.66. The molecule has 0 spiro atoms. The average Bonchev–Trinajstić information content (AvgIpc) is 2.90. The predicted molar refractivity (Wildman–Crippen MR) is 89.4 cm³/mol. The number of methoxy groups -OCH3 is 1. The van der Waals surface area contributed by atoms with Gasteiger partial charge in [0, 0.05) is 32.3 Å². The summed E-state index contributed by atoms with van der Waals surface area (Å²) in [6.07, 6.45) is 3.20. The van der Waals surface area contributed by atoms with Crippen molar-refractivity contribution in [3.05, 3.63) is 27.9 Å². The Labute approximate surface area is 146 Å². The first-order valence-electron chi connectivity index (χ1n) is 8.61. The van der Waals surface area contributed by atoms with Gasteiger partial charge in [0.05, 0.1) is 17.4 Å². The molecule has 0 bridgehead atoms. The molecular weight excluding hydrogens is 326 g/mol. The van der Waals surface area contributed by atoms with E-state index in [4.69, 9.17) is 14.6 Å². The molecule has 2 N–H and O–H groups in total. The largest absolute Gasteiger partial charge is 0.480 e. The van der Waals surface area contributed by atoms with E-state index in [1.54, 1.807) is 14.0 Å². The van der Waals surface area contributed by atoms with Crippen molar-refractivity contribution in [3.8, 4) is 0 Å². The number of aliphatic carboxylic acids is 1. The molecule has 2 heterocycles. The summed E-state index contributed by atoms with van der Waals surface area (Å²) in [6.45, 7) is 2.93. The van der Waals surface area contributed by atoms with Gasteiger partial charge in [-0.25, -0.2) is 9.78 Å². The zero-order valence-corrected chi connectivity index (χ0v) is 14.7. The number of nitrogens with one attached hydrogen (secondary N) is 1. The molecule has 2 aliphatic rings. The van der Waals surface area contributed by atoms with Crippen LogP contribution in [0, 0.1) is 6.92 Å². The van der Waals surface area contributed by atoms with Crippen molar-refractivity contribution in [1.29, 1.82) is 0 Å². The molecule has 1 saturated heterocycles. The fourth-order valence-electron chi connectivity index (χ4n) is 4.22. The molecule has 1 saturated carbocycles. The molecule has 1 aliphatic carbocycles. The van der Waals surface area contributed by atoms with Crippen LogP contribution in [0.25, 0.3) is 0 Å². The van der Waals surface area contributed by atoms with E-state index in [0.29, 0.717) is 12.4 Å². The summed E-state index contributed by atoms with van der Waals surface area (Å²) < 4.78 is 11.4. The van der Waals surface area contributed by atoms with Crippen LogP contribution in [0.3, 0.4) is 0 Å². The molecule has 1 aromatic rings. The van der Waals surface area contributed by atoms with Gasteiger partial charge in [0.2, 0.25) is 0 Å². The van der Waals surface area contributed by atoms with E-state index in [-0.39, 0.29) is 29.9 Å². The maximum Gasteiger partial charge on any atom is 0.329 e. The summed E-state index contributed by atoms with van der Waals surface area (Å²) in [5.41, 5.74) is 0.368. The summed E-state index contributed by atoms with van der Waals surface area (Å²) in [5.74, 6) is -0.346. The third-order valence-corrected chi connectivity index (χ3v) is 5.37. The number of aromatic nitrogens is 2. The Morgan fingerprint density at radius 1 is 1.52 bits per heavy atom. The molecule has 2 fully saturated rings. The molecule has 2 unspecified atom stereocenters. The van der Waals surface area contributed by atoms with E-state index in [0.717, 1.165) is 37.9 Å². The van der Waals surface area contributed by atoms with E-state index < -0.39 is 5.97 Å². The van der Waals surface area contributed by atoms with Crippen LogP contribution < -0.4 is 5.56 Å². The zero-order chi connectivity index (χ0) is 18.0. The molecule has 8 nitrogen and oxygen atoms in total. The molecule has 8 heteroatoms. The quantitative estimate of drug-likeness (QED) is 0.777. The van der Waals surface area contributed by atoms with Crippen LogP contribution in [0.1, 0.15) is 37.2 Å². The first kappa shape index (κ1) is 18.0. The zero-order valence-electron chi connectivity index (χ0n) is 14.7. The SMILES string of the molecule is CO[C@@]12CCC(OCC(=O)O)CC1N(Cc1cc(=O)[nH]c(C)n1)CC2. The Morgan fingerprint density at radius 2 is 2.32 bits per heavy atom. The van der Waals surface area contributed by atoms with Crippen molar-refractivity contribution in [3.63, 3.8) is 0 Å². The van der Waals surface area contributed by atoms with Crippen LogP contribution in [-0.2, 0) is 20.8 Å². The van der Waals surface area contributed by atoms with E-state index in [1.807, 2.05) is 0 Å². The Kier molecular flexibility index (Phi) is 5.21. The number of likely N-dealkylation sites (tertiary alicyclic amines) is 1. The molecule has 138 valence electrons. The predicted octanol–water partition coefficient (Wildman–Crippen LogP) is 0.692. The fourth-order valence-corrected chi connectivity index (χ4v) is 4.22. The summed E-state index contributed by atoms with van der Waals surface area (Å²) >= 11 is 0. The van der Waals surface area contributed by atoms with E-state index in [9.17, 15) is 9.59 Å². The minimum atomic E-state index is -0.949. The molecule has 1 aromatic heterocycles. The highest BCUT2D eigenvalue weighted by atomic mass is 16.5. The van der Waals surface area contributed by atoms with Crippen LogP contribution in [-0.4, -0.2) is 64.0 Å². The van der Waals surface area contributed by atoms with Gasteiger partial charge in [0.25, 0.3) is 5.56 Å². The smallest absolute Gasteiger partial charge is 0.329 e. The van der Waals surface area contributed by atoms with Crippen molar-refractivity contribution < 1.29 is 19.4 Å². The summed E-state index contributed by atoms with van der Waals surface area (Å²) in [4.78, 5) is 31.8. The van der Waals surface area contributed by atoms with Gasteiger partial charge in [0.15, 0.2) is 0 Å². The van der Waals surface area contributed by atoms with Gasteiger partial charge < -0.3 is 19.6 Å². The number of carboxylic acid groups (broad SMARTS) is 1. The number of hydrogen-bond donors (Lipinski definition) is 2. The van der Waals surface area contributed by atoms with Gasteiger partial charge in [0.1, 0.15) is 12.4 Å². The topological polar surface area (TPSA) is 105 Å². The third-order valence-electron chi connectivity index (χ3n) is 5.37. The Bertz CT molecular complexity index is 691. The lowest BCUT2D eigenvalue weighted by molar-refractivity contribution is -0.148. The first-order valence-corrected chi connectivity index (χ1v) is 8.61. The Hall–Kier alpha value is -1.77. The van der Waals surface area contributed by atoms with Gasteiger partial charge in [-0.3, -0.25) is 9.69 Å². The lowest BCUT2D eigenvalue weighted by Gasteiger charge is -2.43. The molecule has 0 aromatic carbocycles. The minimum absolute atomic E-state index is 0.0844. The van der Waals surface area contributed by atoms with E-state index >= 15 is 0 Å². The number of carboxylic acids is 1. The molecule has 0 radical (unpaired) electrons. The Balaban J connectivity index is 1.74. The summed E-state index contributed by atoms with van der Waals surface area (Å²) in [5, 5.41) is 8.83. The summed E-state index contributed by atoms with van der Waals surface area (Å²) in [7, 11) is 1.74. The number of hydrogen-bond acceptors (Lipinski definition) is 6. The second kappa shape index (κ2) is 7.23. The van der Waals surface area contributed by atoms with Crippen LogP contribution in [0.5, 0.6) is 0 Å². The first-order chi connectivity index (χ1) is 11.9. The highest BCUT2D eigenvalue weighted by Crippen LogP contribution is 2.43. The minimum Gasteiger partial charge on any atom is -0.480 e. The number of ether oxygens (including phenoxy) is 2. The van der Waals surface area contributed by atoms with Gasteiger partial charge in [-0.1, -0.05) is 0 Å². The molecular formula is C17H25N3O5. The number of fused-ring (bicyclic) bond motifs is 1. The lowest BCUT2D eigenvalue weighted by Crippen LogP contribution is -2.51. The van der Waals surface area contributed by atoms with Crippen molar-refractivity contribution >= 4 is 5.97 Å². The molecule has 0 amide bonds. The van der Waals surface area contributed by atoms with Crippen LogP contribution in [0.15, 0.2) is 10.9 Å². The normalized spacial score (nSPS) is 29.5. The lowest BCUT2D eigenvalue weighted by atomic mass is 9.79. The highest BCUT2D eigenvalue weighted by molar-refractivity contribution is 5.68. The van der Waals surface area contributed by atoms with Crippen LogP contribution in [0.4, 0.5) is 0 Å². The standard InChI is InChI=1S/C17H25N3O5/c1-11-18-12(7-15(21)19-11)9-20-6-5-17(24-2)4-3-13(8-14(17)20)25-10-16(22)23/h7,13-14H,3-6,8-10H2,1-2H3,(H,22,23)(H,18,19,21)/t13?,14?,17-/m1/s1. The van der Waals surface area contributed by atoms with E-state index in [2.05, 4.69) is 14.9 Å². The van der Waals surface area contributed by atoms with Crippen molar-refractivity contribution in [2.45, 2.75) is 56.9 Å². The average molecular weight is 351 g/mol. The van der Waals surface area contributed by atoms with Crippen LogP contribution >= 0.6 is 0 Å². The van der Waals surface area contributed by atoms with Gasteiger partial charge >= 0.3 is 5.97 Å². The number of carbonyl (C=O) groups is 1. The second-order valence-corrected chi connectivity index (χ2v) is 6.93. The third kappa shape index (κ3) is 3.91. The molecule has 25 heavy (non-hydrogen) atoms. The Morgan fingerprint density at radius 3 is 3.00 bits per heavy atom. The van der Waals surface area contributed by atoms with Crippen molar-refractivity contribution in [2.75, 3.05) is 20.3 Å². The van der Waals surface area contributed by atoms with Crippen molar-refractivity contribution in [1.82, 2.24) is 14.9 Å². The molecule has 3 atom stereocenters. The second-order valence-electron chi connectivity index (χ2n) is 6.93. The number of H-pyrrole nitrogens is 1. The number of aromatic amines is 1. The molecule has 1 aliphatic heterocycles. The highest BCUT2D eigenvalue weighted by Gasteiger charge is 2.51. The monoisotopic (exact) mass is 351 g/mol. The number of aryl methyl sites for hydroxylation is 1. The maximum atomic E-state index is 11.7.